The van der Waals surface area contributed by atoms with Crippen LogP contribution in [0.25, 0.3) is 0 Å². The summed E-state index contributed by atoms with van der Waals surface area (Å²) in [5, 5.41) is 8.44. The van der Waals surface area contributed by atoms with Crippen molar-refractivity contribution in [2.75, 3.05) is 13.1 Å². The number of hydrogen-bond donors (Lipinski definition) is 1. The third-order valence-corrected chi connectivity index (χ3v) is 5.14. The van der Waals surface area contributed by atoms with E-state index in [0.29, 0.717) is 16.6 Å². The Kier molecular flexibility index (Phi) is 4.90. The van der Waals surface area contributed by atoms with E-state index in [0.717, 1.165) is 18.3 Å². The van der Waals surface area contributed by atoms with Crippen LogP contribution in [-0.2, 0) is 0 Å². The summed E-state index contributed by atoms with van der Waals surface area (Å²) in [4.78, 5) is 8.96. The summed E-state index contributed by atoms with van der Waals surface area (Å²) in [6.07, 6.45) is 3.09. The average molecular weight is 297 g/mol. The van der Waals surface area contributed by atoms with Gasteiger partial charge in [-0.15, -0.1) is 11.3 Å². The first kappa shape index (κ1) is 14.9. The lowest BCUT2D eigenvalue weighted by Crippen LogP contribution is -2.25. The Morgan fingerprint density at radius 3 is 2.89 bits per heavy atom. The number of rotatable bonds is 4. The van der Waals surface area contributed by atoms with E-state index in [1.807, 2.05) is 23.3 Å². The van der Waals surface area contributed by atoms with Crippen molar-refractivity contribution < 1.29 is 0 Å². The lowest BCUT2D eigenvalue weighted by atomic mass is 9.90. The second-order valence-corrected chi connectivity index (χ2v) is 8.52. The van der Waals surface area contributed by atoms with Crippen molar-refractivity contribution in [3.8, 4) is 0 Å². The first-order valence-corrected chi connectivity index (χ1v) is 8.54. The van der Waals surface area contributed by atoms with E-state index < -0.39 is 0 Å². The van der Waals surface area contributed by atoms with Gasteiger partial charge in [0.25, 0.3) is 0 Å². The van der Waals surface area contributed by atoms with E-state index >= 15 is 0 Å². The quantitative estimate of drug-likeness (QED) is 0.920. The van der Waals surface area contributed by atoms with Gasteiger partial charge in [-0.25, -0.2) is 4.98 Å². The van der Waals surface area contributed by atoms with Crippen molar-refractivity contribution in [2.24, 2.45) is 10.4 Å². The zero-order valence-corrected chi connectivity index (χ0v) is 13.8. The molecule has 106 valence electrons. The van der Waals surface area contributed by atoms with Crippen LogP contribution >= 0.6 is 23.1 Å². The Morgan fingerprint density at radius 1 is 1.47 bits per heavy atom. The molecular weight excluding hydrogens is 274 g/mol. The molecule has 0 fully saturated rings. The number of nitrogens with zero attached hydrogens (tertiary/aromatic N) is 2. The number of nitrogens with one attached hydrogen (secondary N) is 1. The Morgan fingerprint density at radius 2 is 2.26 bits per heavy atom. The lowest BCUT2D eigenvalue weighted by molar-refractivity contribution is 0.375. The van der Waals surface area contributed by atoms with Crippen molar-refractivity contribution in [1.29, 1.82) is 0 Å². The van der Waals surface area contributed by atoms with E-state index in [2.05, 4.69) is 43.0 Å². The van der Waals surface area contributed by atoms with E-state index in [-0.39, 0.29) is 0 Å². The summed E-state index contributed by atoms with van der Waals surface area (Å²) in [6.45, 7) is 11.0. The molecule has 2 atom stereocenters. The van der Waals surface area contributed by atoms with Crippen LogP contribution < -0.4 is 5.32 Å². The zero-order valence-electron chi connectivity index (χ0n) is 12.1. The van der Waals surface area contributed by atoms with Gasteiger partial charge in [-0.3, -0.25) is 4.99 Å². The fourth-order valence-electron chi connectivity index (χ4n) is 2.11. The SMILES string of the molecule is CC(CNC1=NCC(CC(C)(C)C)S1)c1nccs1. The number of hydrogen-bond acceptors (Lipinski definition) is 5. The number of aromatic nitrogens is 1. The molecule has 2 unspecified atom stereocenters. The maximum absolute atomic E-state index is 4.61. The molecule has 0 saturated carbocycles. The molecule has 19 heavy (non-hydrogen) atoms. The molecule has 5 heteroatoms. The molecule has 0 bridgehead atoms. The molecule has 0 amide bonds. The third-order valence-electron chi connectivity index (χ3n) is 2.99. The van der Waals surface area contributed by atoms with E-state index in [4.69, 9.17) is 0 Å². The van der Waals surface area contributed by atoms with Crippen LogP contribution in [0, 0.1) is 5.41 Å². The van der Waals surface area contributed by atoms with Gasteiger partial charge in [-0.1, -0.05) is 39.5 Å². The monoisotopic (exact) mass is 297 g/mol. The van der Waals surface area contributed by atoms with Gasteiger partial charge in [0.1, 0.15) is 0 Å². The fourth-order valence-corrected chi connectivity index (χ4v) is 4.17. The van der Waals surface area contributed by atoms with Gasteiger partial charge in [0.2, 0.25) is 0 Å². The van der Waals surface area contributed by atoms with Crippen LogP contribution in [0.4, 0.5) is 0 Å². The summed E-state index contributed by atoms with van der Waals surface area (Å²) < 4.78 is 0. The molecule has 1 aromatic heterocycles. The van der Waals surface area contributed by atoms with Gasteiger partial charge < -0.3 is 5.32 Å². The van der Waals surface area contributed by atoms with Crippen LogP contribution in [-0.4, -0.2) is 28.5 Å². The van der Waals surface area contributed by atoms with Crippen molar-refractivity contribution >= 4 is 28.3 Å². The predicted octanol–water partition coefficient (Wildman–Crippen LogP) is 3.74. The topological polar surface area (TPSA) is 37.3 Å². The zero-order chi connectivity index (χ0) is 13.9. The molecule has 1 aliphatic rings. The minimum atomic E-state index is 0.386. The number of aliphatic imine (C=N–C) groups is 1. The second-order valence-electron chi connectivity index (χ2n) is 6.30. The highest BCUT2D eigenvalue weighted by atomic mass is 32.2. The molecule has 2 heterocycles. The molecular formula is C14H23N3S2. The Balaban J connectivity index is 1.73. The Bertz CT molecular complexity index is 420. The Hall–Kier alpha value is -0.550. The molecule has 0 aliphatic carbocycles. The van der Waals surface area contributed by atoms with Gasteiger partial charge in [0, 0.05) is 29.3 Å². The first-order valence-electron chi connectivity index (χ1n) is 6.78. The van der Waals surface area contributed by atoms with Crippen LogP contribution in [0.15, 0.2) is 16.6 Å². The largest absolute Gasteiger partial charge is 0.364 e. The van der Waals surface area contributed by atoms with Crippen LogP contribution in [0.1, 0.15) is 45.0 Å². The Labute approximate surface area is 124 Å². The second kappa shape index (κ2) is 6.27. The number of thiazole rings is 1. The highest BCUT2D eigenvalue weighted by Crippen LogP contribution is 2.31. The fraction of sp³-hybridized carbons (Fsp3) is 0.714. The van der Waals surface area contributed by atoms with Crippen molar-refractivity contribution in [1.82, 2.24) is 10.3 Å². The molecule has 3 nitrogen and oxygen atoms in total. The molecule has 1 N–H and O–H groups in total. The molecule has 0 aromatic carbocycles. The predicted molar refractivity (Wildman–Crippen MR) is 86.3 cm³/mol. The highest BCUT2D eigenvalue weighted by molar-refractivity contribution is 8.14. The van der Waals surface area contributed by atoms with E-state index in [1.54, 1.807) is 11.3 Å². The molecule has 0 spiro atoms. The normalized spacial score (nSPS) is 21.3. The standard InChI is InChI=1S/C14H23N3S2/c1-10(12-15-5-6-18-12)8-16-13-17-9-11(19-13)7-14(2,3)4/h5-6,10-11H,7-9H2,1-4H3,(H,16,17). The van der Waals surface area contributed by atoms with Gasteiger partial charge in [0.15, 0.2) is 5.17 Å². The summed E-state index contributed by atoms with van der Waals surface area (Å²) in [6, 6.07) is 0. The molecule has 1 aliphatic heterocycles. The van der Waals surface area contributed by atoms with Crippen molar-refractivity contribution in [2.45, 2.75) is 45.3 Å². The number of amidine groups is 1. The average Bonchev–Trinajstić information content (AvgIpc) is 2.94. The molecule has 1 aromatic rings. The summed E-state index contributed by atoms with van der Waals surface area (Å²) in [5.41, 5.74) is 0.386. The van der Waals surface area contributed by atoms with Gasteiger partial charge >= 0.3 is 0 Å². The molecule has 0 radical (unpaired) electrons. The first-order chi connectivity index (χ1) is 8.94. The van der Waals surface area contributed by atoms with Gasteiger partial charge in [-0.05, 0) is 11.8 Å². The third kappa shape index (κ3) is 4.80. The maximum atomic E-state index is 4.61. The van der Waals surface area contributed by atoms with Crippen LogP contribution in [0.3, 0.4) is 0 Å². The van der Waals surface area contributed by atoms with Crippen LogP contribution in [0.2, 0.25) is 0 Å². The van der Waals surface area contributed by atoms with Crippen LogP contribution in [0.5, 0.6) is 0 Å². The van der Waals surface area contributed by atoms with E-state index in [9.17, 15) is 0 Å². The lowest BCUT2D eigenvalue weighted by Gasteiger charge is -2.21. The minimum Gasteiger partial charge on any atom is -0.364 e. The maximum Gasteiger partial charge on any atom is 0.156 e. The van der Waals surface area contributed by atoms with Crippen molar-refractivity contribution in [3.05, 3.63) is 16.6 Å². The van der Waals surface area contributed by atoms with Gasteiger partial charge in [-0.2, -0.15) is 0 Å². The van der Waals surface area contributed by atoms with Crippen molar-refractivity contribution in [3.63, 3.8) is 0 Å². The minimum absolute atomic E-state index is 0.386. The van der Waals surface area contributed by atoms with E-state index in [1.165, 1.54) is 11.4 Å². The molecule has 0 saturated heterocycles. The summed E-state index contributed by atoms with van der Waals surface area (Å²) >= 11 is 3.62. The molecule has 2 rings (SSSR count). The smallest absolute Gasteiger partial charge is 0.156 e. The number of thioether (sulfide) groups is 1. The summed E-state index contributed by atoms with van der Waals surface area (Å²) in [5.74, 6) is 0.449. The van der Waals surface area contributed by atoms with Gasteiger partial charge in [0.05, 0.1) is 11.6 Å². The highest BCUT2D eigenvalue weighted by Gasteiger charge is 2.25. The summed E-state index contributed by atoms with van der Waals surface area (Å²) in [7, 11) is 0.